The first-order valence-corrected chi connectivity index (χ1v) is 6.83. The Balaban J connectivity index is 3.38. The summed E-state index contributed by atoms with van der Waals surface area (Å²) in [6.45, 7) is 12.7. The van der Waals surface area contributed by atoms with Crippen LogP contribution >= 0.6 is 0 Å². The first-order chi connectivity index (χ1) is 8.93. The molecule has 20 heavy (non-hydrogen) atoms. The van der Waals surface area contributed by atoms with Gasteiger partial charge in [0, 0.05) is 6.54 Å². The van der Waals surface area contributed by atoms with Gasteiger partial charge in [0.2, 0.25) is 0 Å². The van der Waals surface area contributed by atoms with Gasteiger partial charge in [-0.2, -0.15) is 0 Å². The van der Waals surface area contributed by atoms with Gasteiger partial charge in [0.1, 0.15) is 5.75 Å². The molecule has 2 amide bonds. The maximum Gasteiger partial charge on any atom is 0.312 e. The third-order valence-corrected chi connectivity index (χ3v) is 3.25. The van der Waals surface area contributed by atoms with Crippen LogP contribution in [0.5, 0.6) is 5.75 Å². The molecule has 0 saturated carbocycles. The fraction of sp³-hybridized carbons (Fsp3) is 0.562. The van der Waals surface area contributed by atoms with Crippen LogP contribution in [0.2, 0.25) is 0 Å². The fourth-order valence-corrected chi connectivity index (χ4v) is 2.13. The highest BCUT2D eigenvalue weighted by molar-refractivity contribution is 5.71. The van der Waals surface area contributed by atoms with Crippen LogP contribution in [0.1, 0.15) is 58.2 Å². The van der Waals surface area contributed by atoms with E-state index in [0.717, 1.165) is 16.7 Å². The molecule has 0 saturated heterocycles. The topological polar surface area (TPSA) is 75.3 Å². The lowest BCUT2D eigenvalue weighted by molar-refractivity contribution is 0.248. The molecule has 0 bridgehead atoms. The normalized spacial score (nSPS) is 12.3. The van der Waals surface area contributed by atoms with Gasteiger partial charge in [0.25, 0.3) is 0 Å². The first-order valence-electron chi connectivity index (χ1n) is 6.83. The second kappa shape index (κ2) is 5.35. The van der Waals surface area contributed by atoms with Crippen LogP contribution < -0.4 is 11.1 Å². The highest BCUT2D eigenvalue weighted by Crippen LogP contribution is 2.39. The number of nitrogens with two attached hydrogens (primary N) is 1. The van der Waals surface area contributed by atoms with Gasteiger partial charge >= 0.3 is 6.03 Å². The predicted molar refractivity (Wildman–Crippen MR) is 81.9 cm³/mol. The Kier molecular flexibility index (Phi) is 4.37. The number of hydrogen-bond acceptors (Lipinski definition) is 2. The van der Waals surface area contributed by atoms with E-state index in [2.05, 4.69) is 46.9 Å². The molecule has 1 aromatic carbocycles. The number of phenols is 1. The Morgan fingerprint density at radius 1 is 1.10 bits per heavy atom. The third kappa shape index (κ3) is 3.89. The van der Waals surface area contributed by atoms with E-state index in [0.29, 0.717) is 12.3 Å². The van der Waals surface area contributed by atoms with Gasteiger partial charge in [-0.15, -0.1) is 0 Å². The molecule has 4 N–H and O–H groups in total. The van der Waals surface area contributed by atoms with Gasteiger partial charge in [0.05, 0.1) is 0 Å². The summed E-state index contributed by atoms with van der Waals surface area (Å²) < 4.78 is 0. The molecule has 0 spiro atoms. The summed E-state index contributed by atoms with van der Waals surface area (Å²) in [6, 6.07) is 3.31. The first kappa shape index (κ1) is 16.3. The summed E-state index contributed by atoms with van der Waals surface area (Å²) >= 11 is 0. The third-order valence-electron chi connectivity index (χ3n) is 3.25. The number of carbonyl (C=O) groups excluding carboxylic acids is 1. The quantitative estimate of drug-likeness (QED) is 0.777. The van der Waals surface area contributed by atoms with Gasteiger partial charge in [-0.1, -0.05) is 41.5 Å². The average molecular weight is 278 g/mol. The maximum atomic E-state index is 10.9. The lowest BCUT2D eigenvalue weighted by Gasteiger charge is -2.28. The molecule has 4 heteroatoms. The minimum Gasteiger partial charge on any atom is -0.507 e. The van der Waals surface area contributed by atoms with Crippen molar-refractivity contribution in [3.05, 3.63) is 28.8 Å². The number of aromatic hydroxyl groups is 1. The molecule has 0 radical (unpaired) electrons. The van der Waals surface area contributed by atoms with Crippen molar-refractivity contribution in [2.24, 2.45) is 5.73 Å². The molecule has 0 aliphatic heterocycles. The fourth-order valence-electron chi connectivity index (χ4n) is 2.13. The molecule has 1 aromatic rings. The van der Waals surface area contributed by atoms with Crippen molar-refractivity contribution in [3.8, 4) is 5.75 Å². The van der Waals surface area contributed by atoms with Crippen LogP contribution in [-0.2, 0) is 17.4 Å². The van der Waals surface area contributed by atoms with Crippen molar-refractivity contribution >= 4 is 6.03 Å². The van der Waals surface area contributed by atoms with E-state index >= 15 is 0 Å². The SMILES string of the molecule is CC(C)(C)c1cc(CNC(N)=O)cc(C(C)(C)C)c1O. The predicted octanol–water partition coefficient (Wildman–Crippen LogP) is 3.16. The zero-order chi connectivity index (χ0) is 15.7. The number of carbonyl (C=O) groups is 1. The molecule has 0 aliphatic carbocycles. The van der Waals surface area contributed by atoms with E-state index in [1.54, 1.807) is 0 Å². The summed E-state index contributed by atoms with van der Waals surface area (Å²) in [6.07, 6.45) is 0. The van der Waals surface area contributed by atoms with Gasteiger partial charge in [-0.05, 0) is 39.7 Å². The van der Waals surface area contributed by atoms with Gasteiger partial charge in [-0.25, -0.2) is 4.79 Å². The number of benzene rings is 1. The second-order valence-electron chi connectivity index (χ2n) is 7.26. The Morgan fingerprint density at radius 3 is 1.80 bits per heavy atom. The monoisotopic (exact) mass is 278 g/mol. The minimum atomic E-state index is -0.548. The van der Waals surface area contributed by atoms with Crippen LogP contribution in [0.15, 0.2) is 12.1 Å². The molecule has 0 aromatic heterocycles. The van der Waals surface area contributed by atoms with Crippen molar-refractivity contribution in [2.75, 3.05) is 0 Å². The lowest BCUT2D eigenvalue weighted by atomic mass is 9.78. The number of hydrogen-bond donors (Lipinski definition) is 3. The summed E-state index contributed by atoms with van der Waals surface area (Å²) in [5.41, 5.74) is 7.47. The molecule has 0 heterocycles. The molecule has 0 aliphatic rings. The number of urea groups is 1. The Bertz CT molecular complexity index is 473. The van der Waals surface area contributed by atoms with Crippen molar-refractivity contribution in [3.63, 3.8) is 0 Å². The smallest absolute Gasteiger partial charge is 0.312 e. The van der Waals surface area contributed by atoms with Crippen LogP contribution in [-0.4, -0.2) is 11.1 Å². The van der Waals surface area contributed by atoms with Crippen molar-refractivity contribution in [1.82, 2.24) is 5.32 Å². The largest absolute Gasteiger partial charge is 0.507 e. The molecule has 0 unspecified atom stereocenters. The molecular formula is C16H26N2O2. The highest BCUT2D eigenvalue weighted by Gasteiger charge is 2.26. The minimum absolute atomic E-state index is 0.174. The van der Waals surface area contributed by atoms with E-state index < -0.39 is 6.03 Å². The Morgan fingerprint density at radius 2 is 1.50 bits per heavy atom. The number of phenolic OH excluding ortho intramolecular Hbond substituents is 1. The molecule has 1 rings (SSSR count). The van der Waals surface area contributed by atoms with Crippen LogP contribution in [0, 0.1) is 0 Å². The second-order valence-corrected chi connectivity index (χ2v) is 7.26. The molecule has 0 atom stereocenters. The average Bonchev–Trinajstić information content (AvgIpc) is 2.24. The number of primary amides is 1. The van der Waals surface area contributed by atoms with E-state index in [4.69, 9.17) is 5.73 Å². The molecule has 112 valence electrons. The van der Waals surface area contributed by atoms with Crippen molar-refractivity contribution < 1.29 is 9.90 Å². The number of rotatable bonds is 2. The summed E-state index contributed by atoms with van der Waals surface area (Å²) in [7, 11) is 0. The van der Waals surface area contributed by atoms with Gasteiger partial charge < -0.3 is 16.2 Å². The number of nitrogens with one attached hydrogen (secondary N) is 1. The van der Waals surface area contributed by atoms with E-state index in [1.165, 1.54) is 0 Å². The van der Waals surface area contributed by atoms with Crippen molar-refractivity contribution in [2.45, 2.75) is 58.9 Å². The number of amides is 2. The summed E-state index contributed by atoms with van der Waals surface area (Å²) in [4.78, 5) is 10.9. The molecule has 4 nitrogen and oxygen atoms in total. The standard InChI is InChI=1S/C16H26N2O2/c1-15(2,3)11-7-10(9-18-14(17)20)8-12(13(11)19)16(4,5)6/h7-8,19H,9H2,1-6H3,(H3,17,18,20). The highest BCUT2D eigenvalue weighted by atomic mass is 16.3. The van der Waals surface area contributed by atoms with Crippen LogP contribution in [0.25, 0.3) is 0 Å². The summed E-state index contributed by atoms with van der Waals surface area (Å²) in [5, 5.41) is 13.1. The summed E-state index contributed by atoms with van der Waals surface area (Å²) in [5.74, 6) is 0.341. The van der Waals surface area contributed by atoms with E-state index in [9.17, 15) is 9.90 Å². The van der Waals surface area contributed by atoms with Gasteiger partial charge in [0.15, 0.2) is 0 Å². The lowest BCUT2D eigenvalue weighted by Crippen LogP contribution is -2.29. The Labute approximate surface area is 121 Å². The zero-order valence-electron chi connectivity index (χ0n) is 13.3. The maximum absolute atomic E-state index is 10.9. The van der Waals surface area contributed by atoms with Gasteiger partial charge in [-0.3, -0.25) is 0 Å². The van der Waals surface area contributed by atoms with E-state index in [1.807, 2.05) is 12.1 Å². The molecular weight excluding hydrogens is 252 g/mol. The van der Waals surface area contributed by atoms with Crippen molar-refractivity contribution in [1.29, 1.82) is 0 Å². The molecule has 0 fully saturated rings. The van der Waals surface area contributed by atoms with E-state index in [-0.39, 0.29) is 10.8 Å². The van der Waals surface area contributed by atoms with Crippen LogP contribution in [0.4, 0.5) is 4.79 Å². The Hall–Kier alpha value is -1.71. The van der Waals surface area contributed by atoms with Crippen LogP contribution in [0.3, 0.4) is 0 Å². The zero-order valence-corrected chi connectivity index (χ0v) is 13.3.